The van der Waals surface area contributed by atoms with Crippen LogP contribution in [0, 0.1) is 5.92 Å². The van der Waals surface area contributed by atoms with Gasteiger partial charge in [0, 0.05) is 25.7 Å². The minimum absolute atomic E-state index is 0.0855. The Labute approximate surface area is 542 Å². The van der Waals surface area contributed by atoms with E-state index >= 15 is 0 Å². The van der Waals surface area contributed by atoms with Gasteiger partial charge < -0.3 is 33.8 Å². The lowest BCUT2D eigenvalue weighted by Gasteiger charge is -2.21. The molecule has 0 spiro atoms. The highest BCUT2D eigenvalue weighted by atomic mass is 31.2. The van der Waals surface area contributed by atoms with Gasteiger partial charge in [0.1, 0.15) is 19.3 Å². The van der Waals surface area contributed by atoms with Gasteiger partial charge in [-0.1, -0.05) is 284 Å². The number of carbonyl (C=O) groups is 4. The van der Waals surface area contributed by atoms with E-state index in [1.54, 1.807) is 0 Å². The lowest BCUT2D eigenvalue weighted by atomic mass is 10.0. The Morgan fingerprint density at radius 1 is 0.348 bits per heavy atom. The average Bonchev–Trinajstić information content (AvgIpc) is 3.65. The molecule has 2 unspecified atom stereocenters. The Kier molecular flexibility index (Phi) is 61.2. The van der Waals surface area contributed by atoms with Crippen molar-refractivity contribution in [3.63, 3.8) is 0 Å². The summed E-state index contributed by atoms with van der Waals surface area (Å²) in [4.78, 5) is 72.4. The van der Waals surface area contributed by atoms with Crippen molar-refractivity contribution < 1.29 is 80.2 Å². The molecule has 0 aromatic carbocycles. The predicted molar refractivity (Wildman–Crippen MR) is 358 cm³/mol. The molecule has 0 heterocycles. The van der Waals surface area contributed by atoms with Crippen molar-refractivity contribution >= 4 is 39.5 Å². The summed E-state index contributed by atoms with van der Waals surface area (Å²) < 4.78 is 68.2. The highest BCUT2D eigenvalue weighted by molar-refractivity contribution is 7.47. The molecule has 0 aliphatic carbocycles. The van der Waals surface area contributed by atoms with Crippen LogP contribution < -0.4 is 0 Å². The minimum Gasteiger partial charge on any atom is -0.462 e. The van der Waals surface area contributed by atoms with Crippen LogP contribution in [0.15, 0.2) is 24.3 Å². The van der Waals surface area contributed by atoms with Gasteiger partial charge in [-0.15, -0.1) is 0 Å². The topological polar surface area (TPSA) is 237 Å². The van der Waals surface area contributed by atoms with Gasteiger partial charge in [0.05, 0.1) is 26.4 Å². The lowest BCUT2D eigenvalue weighted by molar-refractivity contribution is -0.161. The molecule has 17 nitrogen and oxygen atoms in total. The summed E-state index contributed by atoms with van der Waals surface area (Å²) in [5, 5.41) is 10.6. The van der Waals surface area contributed by atoms with Crippen LogP contribution >= 0.6 is 15.6 Å². The molecule has 0 bridgehead atoms. The van der Waals surface area contributed by atoms with Crippen LogP contribution in [0.3, 0.4) is 0 Å². The summed E-state index contributed by atoms with van der Waals surface area (Å²) in [7, 11) is -9.91. The first-order valence-corrected chi connectivity index (χ1v) is 38.9. The summed E-state index contributed by atoms with van der Waals surface area (Å²) >= 11 is 0. The van der Waals surface area contributed by atoms with Crippen molar-refractivity contribution in [3.05, 3.63) is 24.3 Å². The third kappa shape index (κ3) is 64.1. The molecule has 0 aromatic rings. The van der Waals surface area contributed by atoms with Crippen molar-refractivity contribution in [2.24, 2.45) is 5.92 Å². The van der Waals surface area contributed by atoms with Gasteiger partial charge in [0.15, 0.2) is 12.2 Å². The fraction of sp³-hybridized carbons (Fsp3) is 0.886. The maximum absolute atomic E-state index is 13.0. The van der Waals surface area contributed by atoms with E-state index in [-0.39, 0.29) is 25.7 Å². The van der Waals surface area contributed by atoms with E-state index in [0.717, 1.165) is 115 Å². The summed E-state index contributed by atoms with van der Waals surface area (Å²) in [6.45, 7) is 7.11. The van der Waals surface area contributed by atoms with Gasteiger partial charge in [0.25, 0.3) is 0 Å². The number of aliphatic hydroxyl groups is 1. The van der Waals surface area contributed by atoms with Gasteiger partial charge in [0.2, 0.25) is 0 Å². The van der Waals surface area contributed by atoms with E-state index in [9.17, 15) is 43.2 Å². The molecule has 0 aliphatic rings. The van der Waals surface area contributed by atoms with Gasteiger partial charge >= 0.3 is 39.5 Å². The zero-order valence-electron chi connectivity index (χ0n) is 57.0. The van der Waals surface area contributed by atoms with Crippen molar-refractivity contribution in [2.75, 3.05) is 39.6 Å². The molecule has 0 aliphatic heterocycles. The number of hydrogen-bond acceptors (Lipinski definition) is 15. The Morgan fingerprint density at radius 3 is 0.921 bits per heavy atom. The second-order valence-corrected chi connectivity index (χ2v) is 28.0. The van der Waals surface area contributed by atoms with Gasteiger partial charge in [-0.25, -0.2) is 9.13 Å². The van der Waals surface area contributed by atoms with Crippen molar-refractivity contribution in [1.29, 1.82) is 0 Å². The van der Waals surface area contributed by atoms with Crippen molar-refractivity contribution in [1.82, 2.24) is 0 Å². The maximum atomic E-state index is 13.0. The highest BCUT2D eigenvalue weighted by Gasteiger charge is 2.30. The summed E-state index contributed by atoms with van der Waals surface area (Å²) in [5.74, 6) is -1.44. The van der Waals surface area contributed by atoms with Crippen LogP contribution in [0.25, 0.3) is 0 Å². The van der Waals surface area contributed by atoms with Crippen LogP contribution in [-0.2, 0) is 65.4 Å². The molecule has 3 N–H and O–H groups in total. The van der Waals surface area contributed by atoms with Gasteiger partial charge in [-0.05, 0) is 57.3 Å². The summed E-state index contributed by atoms with van der Waals surface area (Å²) in [6.07, 6.45) is 52.2. The molecule has 19 heteroatoms. The van der Waals surface area contributed by atoms with E-state index < -0.39 is 97.5 Å². The third-order valence-corrected chi connectivity index (χ3v) is 17.6. The van der Waals surface area contributed by atoms with E-state index in [1.165, 1.54) is 141 Å². The monoisotopic (exact) mass is 1310 g/mol. The number of phosphoric acid groups is 2. The normalized spacial score (nSPS) is 14.3. The average molecular weight is 1310 g/mol. The number of hydrogen-bond donors (Lipinski definition) is 3. The standard InChI is InChI=1S/C70H132O17P2/c1-6-9-12-15-18-21-23-25-27-29-31-33-39-44-49-54-68(73)81-60-66(86-69(74)55-50-45-40-34-32-30-28-26-24-22-19-16-13-10-7-2)62-85-89(78,79)83-58-64(71)57-82-88(76,77)84-61-65(59-80-67(72)53-48-43-38-20-17-14-11-8-3)87-70(75)56-51-46-41-36-35-37-42-47-52-63(4)5/h22,24,26,28,63-66,71H,6-21,23,25,27,29-62H2,1-5H3,(H,76,77)(H,78,79)/b24-22-,28-26-/t64-,65+,66+/m0/s1. The largest absolute Gasteiger partial charge is 0.472 e. The Balaban J connectivity index is 5.26. The third-order valence-electron chi connectivity index (χ3n) is 15.7. The van der Waals surface area contributed by atoms with E-state index in [2.05, 4.69) is 58.9 Å². The Morgan fingerprint density at radius 2 is 0.607 bits per heavy atom. The predicted octanol–water partition coefficient (Wildman–Crippen LogP) is 19.7. The number of ether oxygens (including phenoxy) is 4. The molecular weight excluding hydrogens is 1170 g/mol. The molecule has 524 valence electrons. The number of carbonyl (C=O) groups excluding carboxylic acids is 4. The SMILES string of the molecule is CCCCCC/C=C\C=C/CCCCCCCC(=O)O[C@H](COC(=O)CCCCCCCCCCCCCCCCC)COP(=O)(O)OC[C@@H](O)COP(=O)(O)OC[C@@H](COC(=O)CCCCCCCCCC)OC(=O)CCCCCCCCCCC(C)C. The number of rotatable bonds is 68. The molecule has 0 saturated carbocycles. The van der Waals surface area contributed by atoms with Gasteiger partial charge in [-0.2, -0.15) is 0 Å². The van der Waals surface area contributed by atoms with Crippen LogP contribution in [0.2, 0.25) is 0 Å². The number of allylic oxidation sites excluding steroid dienone is 4. The Hall–Kier alpha value is -2.46. The van der Waals surface area contributed by atoms with Crippen molar-refractivity contribution in [2.45, 2.75) is 355 Å². The van der Waals surface area contributed by atoms with Crippen LogP contribution in [-0.4, -0.2) is 96.7 Å². The molecule has 0 saturated heterocycles. The number of aliphatic hydroxyl groups excluding tert-OH is 1. The van der Waals surface area contributed by atoms with Crippen LogP contribution in [0.4, 0.5) is 0 Å². The van der Waals surface area contributed by atoms with E-state index in [4.69, 9.17) is 37.0 Å². The summed E-state index contributed by atoms with van der Waals surface area (Å²) in [5.41, 5.74) is 0. The van der Waals surface area contributed by atoms with E-state index in [0.29, 0.717) is 25.7 Å². The van der Waals surface area contributed by atoms with Gasteiger partial charge in [-0.3, -0.25) is 37.3 Å². The fourth-order valence-electron chi connectivity index (χ4n) is 10.1. The molecule has 89 heavy (non-hydrogen) atoms. The second-order valence-electron chi connectivity index (χ2n) is 25.1. The summed E-state index contributed by atoms with van der Waals surface area (Å²) in [6, 6.07) is 0. The quantitative estimate of drug-likeness (QED) is 0.0169. The van der Waals surface area contributed by atoms with Crippen LogP contribution in [0.1, 0.15) is 336 Å². The fourth-order valence-corrected chi connectivity index (χ4v) is 11.7. The lowest BCUT2D eigenvalue weighted by Crippen LogP contribution is -2.30. The zero-order valence-corrected chi connectivity index (χ0v) is 58.8. The molecule has 0 radical (unpaired) electrons. The zero-order chi connectivity index (χ0) is 65.6. The first-order chi connectivity index (χ1) is 43.0. The number of phosphoric ester groups is 2. The first-order valence-electron chi connectivity index (χ1n) is 36.0. The van der Waals surface area contributed by atoms with E-state index in [1.807, 2.05) is 0 Å². The molecule has 0 rings (SSSR count). The second kappa shape index (κ2) is 63.0. The van der Waals surface area contributed by atoms with Crippen molar-refractivity contribution in [3.8, 4) is 0 Å². The highest BCUT2D eigenvalue weighted by Crippen LogP contribution is 2.45. The maximum Gasteiger partial charge on any atom is 0.472 e. The smallest absolute Gasteiger partial charge is 0.462 e. The Bertz CT molecular complexity index is 1810. The molecule has 0 amide bonds. The number of esters is 4. The molecule has 0 aromatic heterocycles. The number of unbranched alkanes of at least 4 members (excludes halogenated alkanes) is 37. The minimum atomic E-state index is -4.96. The van der Waals surface area contributed by atoms with Crippen LogP contribution in [0.5, 0.6) is 0 Å². The molecule has 0 fully saturated rings. The molecular formula is C70H132O17P2. The first kappa shape index (κ1) is 86.5. The molecule has 5 atom stereocenters.